The van der Waals surface area contributed by atoms with Crippen LogP contribution in [0.2, 0.25) is 0 Å². The summed E-state index contributed by atoms with van der Waals surface area (Å²) in [5, 5.41) is 0. The molecule has 0 bridgehead atoms. The second-order valence-corrected chi connectivity index (χ2v) is 12.8. The molecular formula is C26H56NO7PS. The molecule has 0 rings (SSSR count). The molecule has 0 saturated carbocycles. The monoisotopic (exact) mass is 557 g/mol. The summed E-state index contributed by atoms with van der Waals surface area (Å²) in [6.07, 6.45) is 18.2. The predicted molar refractivity (Wildman–Crippen MR) is 148 cm³/mol. The van der Waals surface area contributed by atoms with Crippen LogP contribution in [0.4, 0.5) is 0 Å². The van der Waals surface area contributed by atoms with Crippen LogP contribution in [0.5, 0.6) is 0 Å². The van der Waals surface area contributed by atoms with Gasteiger partial charge in [0.25, 0.3) is 7.82 Å². The lowest BCUT2D eigenvalue weighted by atomic mass is 10.0. The summed E-state index contributed by atoms with van der Waals surface area (Å²) in [4.78, 5) is 12.0. The summed E-state index contributed by atoms with van der Waals surface area (Å²) in [6, 6.07) is 0. The zero-order chi connectivity index (χ0) is 27.0. The van der Waals surface area contributed by atoms with Gasteiger partial charge in [-0.1, -0.05) is 90.4 Å². The van der Waals surface area contributed by atoms with Gasteiger partial charge in [-0.05, 0) is 18.5 Å². The Morgan fingerprint density at radius 2 is 1.33 bits per heavy atom. The lowest BCUT2D eigenvalue weighted by molar-refractivity contribution is -0.870. The molecule has 2 atom stereocenters. The lowest BCUT2D eigenvalue weighted by Gasteiger charge is -2.28. The molecule has 2 unspecified atom stereocenters. The van der Waals surface area contributed by atoms with Gasteiger partial charge in [-0.15, -0.1) is 0 Å². The highest BCUT2D eigenvalue weighted by atomic mass is 32.2. The van der Waals surface area contributed by atoms with Crippen molar-refractivity contribution in [3.8, 4) is 0 Å². The Hall–Kier alpha value is 0.300. The van der Waals surface area contributed by atoms with E-state index >= 15 is 0 Å². The first-order valence-electron chi connectivity index (χ1n) is 14.0. The number of likely N-dealkylation sites (N-methyl/N-ethyl adjacent to an activating group) is 1. The first kappa shape index (κ1) is 36.3. The maximum absolute atomic E-state index is 12.0. The number of ether oxygens (including phenoxy) is 2. The van der Waals surface area contributed by atoms with Crippen molar-refractivity contribution in [2.24, 2.45) is 0 Å². The van der Waals surface area contributed by atoms with Crippen LogP contribution in [0.3, 0.4) is 0 Å². The highest BCUT2D eigenvalue weighted by Crippen LogP contribution is 2.38. The molecule has 0 aromatic rings. The van der Waals surface area contributed by atoms with Gasteiger partial charge in [0, 0.05) is 12.9 Å². The quantitative estimate of drug-likeness (QED) is 0.0363. The Morgan fingerprint density at radius 1 is 0.806 bits per heavy atom. The van der Waals surface area contributed by atoms with E-state index in [-0.39, 0.29) is 26.6 Å². The van der Waals surface area contributed by atoms with Crippen molar-refractivity contribution in [2.45, 2.75) is 103 Å². The van der Waals surface area contributed by atoms with Gasteiger partial charge in [0.2, 0.25) is 0 Å². The summed E-state index contributed by atoms with van der Waals surface area (Å²) < 4.78 is 38.5. The van der Waals surface area contributed by atoms with E-state index in [2.05, 4.69) is 6.92 Å². The van der Waals surface area contributed by atoms with Gasteiger partial charge >= 0.3 is 0 Å². The molecule has 0 aromatic heterocycles. The summed E-state index contributed by atoms with van der Waals surface area (Å²) in [6.45, 7) is 2.97. The number of hydrogen-bond acceptors (Lipinski definition) is 8. The van der Waals surface area contributed by atoms with E-state index in [1.54, 1.807) is 0 Å². The maximum atomic E-state index is 12.0. The third kappa shape index (κ3) is 27.3. The molecule has 0 spiro atoms. The van der Waals surface area contributed by atoms with Crippen LogP contribution in [-0.4, -0.2) is 77.8 Å². The largest absolute Gasteiger partial charge is 0.756 e. The highest BCUT2D eigenvalue weighted by molar-refractivity contribution is 7.94. The van der Waals surface area contributed by atoms with Gasteiger partial charge in [0.05, 0.1) is 34.4 Å². The normalized spacial score (nSPS) is 14.7. The van der Waals surface area contributed by atoms with Crippen molar-refractivity contribution >= 4 is 19.9 Å². The number of nitrogens with zero attached hydrogens (tertiary/aromatic N) is 1. The van der Waals surface area contributed by atoms with Crippen molar-refractivity contribution in [2.75, 3.05) is 67.2 Å². The third-order valence-electron chi connectivity index (χ3n) is 5.77. The second-order valence-electron chi connectivity index (χ2n) is 10.5. The van der Waals surface area contributed by atoms with Crippen molar-refractivity contribution in [1.29, 1.82) is 0 Å². The van der Waals surface area contributed by atoms with Crippen LogP contribution in [-0.2, 0) is 27.3 Å². The number of hydrogen-bond donors (Lipinski definition) is 0. The molecule has 36 heavy (non-hydrogen) atoms. The van der Waals surface area contributed by atoms with Gasteiger partial charge in [0.1, 0.15) is 26.0 Å². The summed E-state index contributed by atoms with van der Waals surface area (Å²) in [5.74, 6) is 0.907. The van der Waals surface area contributed by atoms with E-state index in [0.717, 1.165) is 12.2 Å². The number of rotatable bonds is 28. The van der Waals surface area contributed by atoms with Crippen LogP contribution < -0.4 is 4.89 Å². The van der Waals surface area contributed by atoms with Crippen LogP contribution in [0.25, 0.3) is 0 Å². The van der Waals surface area contributed by atoms with Crippen LogP contribution in [0, 0.1) is 0 Å². The van der Waals surface area contributed by atoms with E-state index in [0.29, 0.717) is 11.0 Å². The Kier molecular flexibility index (Phi) is 24.6. The Morgan fingerprint density at radius 3 is 1.83 bits per heavy atom. The zero-order valence-electron chi connectivity index (χ0n) is 23.9. The summed E-state index contributed by atoms with van der Waals surface area (Å²) >= 11 is 1.39. The average molecular weight is 558 g/mol. The number of quaternary nitrogens is 1. The van der Waals surface area contributed by atoms with Crippen LogP contribution >= 0.6 is 19.9 Å². The SMILES string of the molecule is CCCCCCCCCCCCCCCCSOCC(COP(=O)([O-])OCC[N+](C)(C)C)OCOC. The van der Waals surface area contributed by atoms with Gasteiger partial charge in [-0.25, -0.2) is 0 Å². The fraction of sp³-hybridized carbons (Fsp3) is 1.00. The Labute approximate surface area is 226 Å². The molecule has 0 aromatic carbocycles. The van der Waals surface area contributed by atoms with E-state index < -0.39 is 13.9 Å². The molecule has 0 saturated heterocycles. The highest BCUT2D eigenvalue weighted by Gasteiger charge is 2.18. The molecule has 0 aliphatic carbocycles. The van der Waals surface area contributed by atoms with Gasteiger partial charge in [-0.3, -0.25) is 4.57 Å². The topological polar surface area (TPSA) is 86.3 Å². The smallest absolute Gasteiger partial charge is 0.268 e. The fourth-order valence-corrected chi connectivity index (χ4v) is 4.90. The molecule has 8 nitrogen and oxygen atoms in total. The average Bonchev–Trinajstić information content (AvgIpc) is 2.81. The van der Waals surface area contributed by atoms with Crippen molar-refractivity contribution in [3.05, 3.63) is 0 Å². The van der Waals surface area contributed by atoms with Crippen molar-refractivity contribution in [3.63, 3.8) is 0 Å². The minimum Gasteiger partial charge on any atom is -0.756 e. The Balaban J connectivity index is 3.71. The Bertz CT molecular complexity index is 523. The molecule has 0 heterocycles. The molecule has 218 valence electrons. The lowest BCUT2D eigenvalue weighted by Crippen LogP contribution is -2.37. The number of methoxy groups -OCH3 is 1. The number of phosphoric ester groups is 1. The van der Waals surface area contributed by atoms with Crippen molar-refractivity contribution in [1.82, 2.24) is 0 Å². The fourth-order valence-electron chi connectivity index (χ4n) is 3.49. The molecule has 0 amide bonds. The van der Waals surface area contributed by atoms with E-state index in [1.807, 2.05) is 21.1 Å². The van der Waals surface area contributed by atoms with Gasteiger partial charge in [0.15, 0.2) is 0 Å². The summed E-state index contributed by atoms with van der Waals surface area (Å²) in [5.41, 5.74) is 0. The first-order chi connectivity index (χ1) is 17.2. The molecule has 0 aliphatic rings. The zero-order valence-corrected chi connectivity index (χ0v) is 25.6. The molecule has 0 aliphatic heterocycles. The standard InChI is InChI=1S/C26H56NO7PS/c1-6-7-8-9-10-11-12-13-14-15-16-17-18-19-22-36-34-24-26(31-25-30-5)23-33-35(28,29)32-21-20-27(2,3)4/h26H,6-25H2,1-5H3. The molecule has 0 N–H and O–H groups in total. The van der Waals surface area contributed by atoms with Crippen LogP contribution in [0.15, 0.2) is 0 Å². The van der Waals surface area contributed by atoms with E-state index in [9.17, 15) is 9.46 Å². The summed E-state index contributed by atoms with van der Waals surface area (Å²) in [7, 11) is 3.01. The first-order valence-corrected chi connectivity index (χ1v) is 16.3. The predicted octanol–water partition coefficient (Wildman–Crippen LogP) is 6.33. The van der Waals surface area contributed by atoms with Crippen LogP contribution in [0.1, 0.15) is 96.8 Å². The molecular weight excluding hydrogens is 501 g/mol. The minimum atomic E-state index is -4.39. The molecule has 0 radical (unpaired) electrons. The second kappa shape index (κ2) is 24.3. The van der Waals surface area contributed by atoms with E-state index in [1.165, 1.54) is 103 Å². The van der Waals surface area contributed by atoms with E-state index in [4.69, 9.17) is 22.7 Å². The van der Waals surface area contributed by atoms with Crippen molar-refractivity contribution < 1.29 is 36.6 Å². The molecule has 0 fully saturated rings. The molecule has 10 heteroatoms. The minimum absolute atomic E-state index is 0.0343. The maximum Gasteiger partial charge on any atom is 0.268 e. The number of unbranched alkanes of at least 4 members (excludes halogenated alkanes) is 13. The van der Waals surface area contributed by atoms with Gasteiger partial charge < -0.3 is 32.1 Å². The number of phosphoric acid groups is 1. The third-order valence-corrected chi connectivity index (χ3v) is 7.49. The van der Waals surface area contributed by atoms with Gasteiger partial charge in [-0.2, -0.15) is 0 Å².